The van der Waals surface area contributed by atoms with Crippen LogP contribution in [0.5, 0.6) is 0 Å². The fourth-order valence-electron chi connectivity index (χ4n) is 4.65. The van der Waals surface area contributed by atoms with E-state index < -0.39 is 15.8 Å². The number of hydrogen-bond acceptors (Lipinski definition) is 3. The predicted octanol–water partition coefficient (Wildman–Crippen LogP) is 3.76. The topological polar surface area (TPSA) is 49.4 Å². The first-order chi connectivity index (χ1) is 14.4. The fourth-order valence-corrected chi connectivity index (χ4v) is 6.53. The van der Waals surface area contributed by atoms with Gasteiger partial charge in [-0.3, -0.25) is 0 Å². The van der Waals surface area contributed by atoms with Crippen LogP contribution in [0.2, 0.25) is 0 Å². The Morgan fingerprint density at radius 2 is 1.43 bits per heavy atom. The van der Waals surface area contributed by atoms with Crippen molar-refractivity contribution < 1.29 is 17.2 Å². The molecule has 3 aromatic rings. The van der Waals surface area contributed by atoms with Gasteiger partial charge < -0.3 is 5.32 Å². The maximum Gasteiger partial charge on any atom is 0.243 e. The molecule has 0 aliphatic carbocycles. The van der Waals surface area contributed by atoms with Crippen molar-refractivity contribution in [3.63, 3.8) is 0 Å². The van der Waals surface area contributed by atoms with E-state index in [1.807, 2.05) is 30.3 Å². The van der Waals surface area contributed by atoms with Crippen LogP contribution in [0, 0.1) is 11.6 Å². The summed E-state index contributed by atoms with van der Waals surface area (Å²) in [5.74, 6) is -0.783. The zero-order valence-electron chi connectivity index (χ0n) is 16.0. The highest BCUT2D eigenvalue weighted by Crippen LogP contribution is 2.46. The molecule has 0 aromatic heterocycles. The summed E-state index contributed by atoms with van der Waals surface area (Å²) in [7, 11) is -3.77. The second-order valence-corrected chi connectivity index (χ2v) is 9.59. The van der Waals surface area contributed by atoms with E-state index in [4.69, 9.17) is 0 Å². The largest absolute Gasteiger partial charge is 0.313 e. The van der Waals surface area contributed by atoms with Gasteiger partial charge in [0.05, 0.1) is 4.90 Å². The molecule has 3 atom stereocenters. The van der Waals surface area contributed by atoms with Gasteiger partial charge >= 0.3 is 0 Å². The average molecular weight is 426 g/mol. The van der Waals surface area contributed by atoms with Crippen LogP contribution in [0.1, 0.15) is 11.5 Å². The van der Waals surface area contributed by atoms with Gasteiger partial charge in [0.15, 0.2) is 0 Å². The van der Waals surface area contributed by atoms with Gasteiger partial charge in [0.1, 0.15) is 11.6 Å². The highest BCUT2D eigenvalue weighted by Gasteiger charge is 2.56. The number of sulfonamides is 1. The quantitative estimate of drug-likeness (QED) is 0.691. The second-order valence-electron chi connectivity index (χ2n) is 7.74. The van der Waals surface area contributed by atoms with Crippen molar-refractivity contribution in [1.82, 2.24) is 9.62 Å². The molecule has 2 fully saturated rings. The van der Waals surface area contributed by atoms with Crippen molar-refractivity contribution in [2.75, 3.05) is 13.1 Å². The molecule has 30 heavy (non-hydrogen) atoms. The number of piperidine rings is 1. The number of halogens is 2. The molecule has 1 N–H and O–H groups in total. The van der Waals surface area contributed by atoms with Crippen molar-refractivity contribution in [2.24, 2.45) is 0 Å². The first kappa shape index (κ1) is 19.4. The molecule has 1 unspecified atom stereocenters. The normalized spacial score (nSPS) is 23.7. The van der Waals surface area contributed by atoms with E-state index in [0.717, 1.165) is 22.8 Å². The fraction of sp³-hybridized carbons (Fsp3) is 0.217. The molecule has 0 amide bonds. The lowest BCUT2D eigenvalue weighted by Gasteiger charge is -2.57. The van der Waals surface area contributed by atoms with Crippen LogP contribution < -0.4 is 5.32 Å². The molecule has 2 aliphatic heterocycles. The monoisotopic (exact) mass is 426 g/mol. The highest BCUT2D eigenvalue weighted by atomic mass is 32.2. The molecule has 0 saturated carbocycles. The Hall–Kier alpha value is -2.61. The molecule has 2 aliphatic rings. The van der Waals surface area contributed by atoms with E-state index in [0.29, 0.717) is 13.1 Å². The van der Waals surface area contributed by atoms with E-state index in [9.17, 15) is 17.2 Å². The van der Waals surface area contributed by atoms with Gasteiger partial charge in [0.2, 0.25) is 10.0 Å². The van der Waals surface area contributed by atoms with Gasteiger partial charge in [-0.25, -0.2) is 17.2 Å². The van der Waals surface area contributed by atoms with Crippen LogP contribution in [0.25, 0.3) is 11.1 Å². The van der Waals surface area contributed by atoms with Crippen LogP contribution in [-0.2, 0) is 10.0 Å². The van der Waals surface area contributed by atoms with Crippen LogP contribution in [0.4, 0.5) is 8.78 Å². The van der Waals surface area contributed by atoms with E-state index >= 15 is 0 Å². The Morgan fingerprint density at radius 3 is 2.07 bits per heavy atom. The van der Waals surface area contributed by atoms with Crippen molar-refractivity contribution in [1.29, 1.82) is 0 Å². The number of piperazine rings is 1. The summed E-state index contributed by atoms with van der Waals surface area (Å²) in [5, 5.41) is 3.27. The minimum Gasteiger partial charge on any atom is -0.313 e. The van der Waals surface area contributed by atoms with Gasteiger partial charge in [-0.05, 0) is 47.0 Å². The van der Waals surface area contributed by atoms with Gasteiger partial charge in [-0.15, -0.1) is 0 Å². The molecule has 7 heteroatoms. The highest BCUT2D eigenvalue weighted by molar-refractivity contribution is 7.89. The summed E-state index contributed by atoms with van der Waals surface area (Å²) in [6.45, 7) is 1.09. The van der Waals surface area contributed by atoms with E-state index in [1.165, 1.54) is 34.6 Å². The van der Waals surface area contributed by atoms with Crippen LogP contribution in [0.3, 0.4) is 0 Å². The molecule has 3 aromatic carbocycles. The molecule has 2 bridgehead atoms. The standard InChI is InChI=1S/C23H20F2N2O2S/c24-18-4-1-3-17(11-18)15-7-9-16(10-8-15)23-21-13-26-14-22(23)27(21)30(28,29)20-6-2-5-19(25)12-20/h1-12,21-23,26H,13-14H2/t21-,22+,23?. The van der Waals surface area contributed by atoms with Crippen LogP contribution >= 0.6 is 0 Å². The Kier molecular flexibility index (Phi) is 4.69. The Bertz CT molecular complexity index is 1190. The van der Waals surface area contributed by atoms with Gasteiger partial charge in [0, 0.05) is 31.1 Å². The summed E-state index contributed by atoms with van der Waals surface area (Å²) in [6.07, 6.45) is 0. The van der Waals surface area contributed by atoms with Crippen molar-refractivity contribution in [3.05, 3.63) is 90.0 Å². The third-order valence-corrected chi connectivity index (χ3v) is 7.96. The summed E-state index contributed by atoms with van der Waals surface area (Å²) in [6, 6.07) is 19.0. The molecule has 5 rings (SSSR count). The maximum absolute atomic E-state index is 13.6. The lowest BCUT2D eigenvalue weighted by Crippen LogP contribution is -2.73. The zero-order valence-corrected chi connectivity index (χ0v) is 16.8. The lowest BCUT2D eigenvalue weighted by atomic mass is 9.74. The van der Waals surface area contributed by atoms with Crippen LogP contribution in [-0.4, -0.2) is 37.9 Å². The molecule has 154 valence electrons. The minimum atomic E-state index is -3.77. The number of rotatable bonds is 4. The minimum absolute atomic E-state index is 0.0145. The SMILES string of the molecule is O=S(=O)(c1cccc(F)c1)N1[C@@H]2CNC[C@H]1C2c1ccc(-c2cccc(F)c2)cc1. The number of hydrogen-bond donors (Lipinski definition) is 1. The summed E-state index contributed by atoms with van der Waals surface area (Å²) in [5.41, 5.74) is 2.76. The first-order valence-corrected chi connectivity index (χ1v) is 11.2. The van der Waals surface area contributed by atoms with Crippen LogP contribution in [0.15, 0.2) is 77.7 Å². The second kappa shape index (κ2) is 7.27. The predicted molar refractivity (Wildman–Crippen MR) is 110 cm³/mol. The molecule has 2 heterocycles. The smallest absolute Gasteiger partial charge is 0.243 e. The van der Waals surface area contributed by atoms with Gasteiger partial charge in [-0.2, -0.15) is 4.31 Å². The number of fused-ring (bicyclic) bond motifs is 2. The maximum atomic E-state index is 13.6. The summed E-state index contributed by atoms with van der Waals surface area (Å²) >= 11 is 0. The summed E-state index contributed by atoms with van der Waals surface area (Å²) < 4.78 is 54.9. The average Bonchev–Trinajstić information content (AvgIpc) is 2.74. The number of nitrogens with one attached hydrogen (secondary N) is 1. The number of nitrogens with zero attached hydrogens (tertiary/aromatic N) is 1. The van der Waals surface area contributed by atoms with Crippen molar-refractivity contribution in [2.45, 2.75) is 22.9 Å². The molecule has 4 nitrogen and oxygen atoms in total. The van der Waals surface area contributed by atoms with Gasteiger partial charge in [0.25, 0.3) is 0 Å². The van der Waals surface area contributed by atoms with Crippen molar-refractivity contribution >= 4 is 10.0 Å². The third-order valence-electron chi connectivity index (χ3n) is 6.01. The zero-order chi connectivity index (χ0) is 20.9. The van der Waals surface area contributed by atoms with Gasteiger partial charge in [-0.1, -0.05) is 42.5 Å². The molecular weight excluding hydrogens is 406 g/mol. The summed E-state index contributed by atoms with van der Waals surface area (Å²) in [4.78, 5) is -0.0145. The first-order valence-electron chi connectivity index (χ1n) is 9.81. The molecular formula is C23H20F2N2O2S. The molecule has 0 radical (unpaired) electrons. The Labute approximate surface area is 174 Å². The third kappa shape index (κ3) is 3.14. The lowest BCUT2D eigenvalue weighted by molar-refractivity contribution is 0.0370. The number of benzene rings is 3. The van der Waals surface area contributed by atoms with E-state index in [-0.39, 0.29) is 28.7 Å². The Morgan fingerprint density at radius 1 is 0.800 bits per heavy atom. The molecule has 0 spiro atoms. The van der Waals surface area contributed by atoms with Crippen molar-refractivity contribution in [3.8, 4) is 11.1 Å². The van der Waals surface area contributed by atoms with E-state index in [1.54, 1.807) is 6.07 Å². The van der Waals surface area contributed by atoms with E-state index in [2.05, 4.69) is 5.32 Å². The Balaban J connectivity index is 1.42. The molecule has 2 saturated heterocycles.